The van der Waals surface area contributed by atoms with E-state index in [0.717, 1.165) is 17.1 Å². The van der Waals surface area contributed by atoms with Crippen LogP contribution in [0.1, 0.15) is 47.1 Å². The van der Waals surface area contributed by atoms with Crippen molar-refractivity contribution in [2.75, 3.05) is 4.90 Å². The highest BCUT2D eigenvalue weighted by atomic mass is 15.1. The molecule has 0 N–H and O–H groups in total. The van der Waals surface area contributed by atoms with Crippen LogP contribution in [0.2, 0.25) is 0 Å². The summed E-state index contributed by atoms with van der Waals surface area (Å²) >= 11 is 0. The Bertz CT molecular complexity index is 2410. The van der Waals surface area contributed by atoms with E-state index in [-0.39, 0.29) is 11.0 Å². The fourth-order valence-corrected chi connectivity index (χ4v) is 7.32. The van der Waals surface area contributed by atoms with Gasteiger partial charge in [0.05, 0.1) is 11.0 Å². The minimum atomic E-state index is -0.0676. The van der Waals surface area contributed by atoms with Gasteiger partial charge in [0.25, 0.3) is 0 Å². The first-order valence-corrected chi connectivity index (χ1v) is 16.6. The minimum Gasteiger partial charge on any atom is -0.335 e. The fraction of sp³-hybridized carbons (Fsp3) is 0.182. The number of aromatic nitrogens is 2. The van der Waals surface area contributed by atoms with Crippen LogP contribution in [-0.2, 0) is 11.0 Å². The quantitative estimate of drug-likeness (QED) is 0.193. The minimum absolute atomic E-state index is 0.0619. The first kappa shape index (κ1) is 29.1. The number of nitrogens with zero attached hydrogens (tertiary/aromatic N) is 3. The SMILES string of the molecule is CC(C)(C)c1ccc2c(c1)c1cc(N(c3ccccc3)c3ccc4c(c3)c3ccccc3n4-c3ccccc3)ccc1n2C(C)(C)C. The summed E-state index contributed by atoms with van der Waals surface area (Å²) in [5, 5.41) is 5.07. The average Bonchev–Trinajstić information content (AvgIpc) is 3.58. The number of benzene rings is 6. The van der Waals surface area contributed by atoms with Gasteiger partial charge in [0.2, 0.25) is 0 Å². The number of rotatable bonds is 4. The zero-order valence-corrected chi connectivity index (χ0v) is 28.1. The van der Waals surface area contributed by atoms with Crippen molar-refractivity contribution in [1.82, 2.24) is 9.13 Å². The first-order valence-electron chi connectivity index (χ1n) is 16.6. The summed E-state index contributed by atoms with van der Waals surface area (Å²) in [6.07, 6.45) is 0. The van der Waals surface area contributed by atoms with Crippen LogP contribution in [0, 0.1) is 0 Å². The molecule has 0 aliphatic heterocycles. The molecule has 0 spiro atoms. The number of para-hydroxylation sites is 3. The Morgan fingerprint density at radius 3 is 1.57 bits per heavy atom. The summed E-state index contributed by atoms with van der Waals surface area (Å²) in [5.41, 5.74) is 10.9. The summed E-state index contributed by atoms with van der Waals surface area (Å²) in [6.45, 7) is 13.8. The molecular weight excluding hydrogens is 571 g/mol. The van der Waals surface area contributed by atoms with Gasteiger partial charge in [0, 0.05) is 60.9 Å². The van der Waals surface area contributed by atoms with Gasteiger partial charge in [-0.2, -0.15) is 0 Å². The lowest BCUT2D eigenvalue weighted by atomic mass is 9.86. The van der Waals surface area contributed by atoms with Crippen LogP contribution in [-0.4, -0.2) is 9.13 Å². The van der Waals surface area contributed by atoms with Crippen molar-refractivity contribution >= 4 is 60.7 Å². The van der Waals surface area contributed by atoms with E-state index in [1.54, 1.807) is 0 Å². The van der Waals surface area contributed by atoms with Crippen molar-refractivity contribution in [2.24, 2.45) is 0 Å². The third-order valence-electron chi connectivity index (χ3n) is 9.49. The molecule has 0 aliphatic carbocycles. The maximum Gasteiger partial charge on any atom is 0.0542 e. The third-order valence-corrected chi connectivity index (χ3v) is 9.49. The van der Waals surface area contributed by atoms with Crippen molar-refractivity contribution < 1.29 is 0 Å². The predicted octanol–water partition coefficient (Wildman–Crippen LogP) is 12.4. The van der Waals surface area contributed by atoms with Crippen molar-refractivity contribution in [1.29, 1.82) is 0 Å². The fourth-order valence-electron chi connectivity index (χ4n) is 7.32. The third kappa shape index (κ3) is 4.80. The highest BCUT2D eigenvalue weighted by Gasteiger charge is 2.24. The molecule has 0 unspecified atom stereocenters. The van der Waals surface area contributed by atoms with E-state index in [9.17, 15) is 0 Å². The number of hydrogen-bond donors (Lipinski definition) is 0. The Labute approximate surface area is 277 Å². The van der Waals surface area contributed by atoms with Crippen molar-refractivity contribution in [3.05, 3.63) is 145 Å². The highest BCUT2D eigenvalue weighted by molar-refractivity contribution is 6.12. The van der Waals surface area contributed by atoms with Crippen LogP contribution in [0.3, 0.4) is 0 Å². The Kier molecular flexibility index (Phi) is 6.59. The topological polar surface area (TPSA) is 13.1 Å². The Morgan fingerprint density at radius 1 is 0.426 bits per heavy atom. The largest absolute Gasteiger partial charge is 0.335 e. The highest BCUT2D eigenvalue weighted by Crippen LogP contribution is 2.43. The van der Waals surface area contributed by atoms with E-state index < -0.39 is 0 Å². The van der Waals surface area contributed by atoms with Gasteiger partial charge >= 0.3 is 0 Å². The Morgan fingerprint density at radius 2 is 0.936 bits per heavy atom. The second kappa shape index (κ2) is 10.6. The first-order chi connectivity index (χ1) is 22.6. The molecule has 0 radical (unpaired) electrons. The maximum atomic E-state index is 2.51. The smallest absolute Gasteiger partial charge is 0.0542 e. The monoisotopic (exact) mass is 611 g/mol. The zero-order valence-electron chi connectivity index (χ0n) is 28.1. The van der Waals surface area contributed by atoms with Gasteiger partial charge in [0.15, 0.2) is 0 Å². The van der Waals surface area contributed by atoms with Gasteiger partial charge in [0.1, 0.15) is 0 Å². The van der Waals surface area contributed by atoms with Gasteiger partial charge in [-0.1, -0.05) is 81.4 Å². The molecule has 0 saturated carbocycles. The zero-order chi connectivity index (χ0) is 32.5. The second-order valence-corrected chi connectivity index (χ2v) is 14.8. The van der Waals surface area contributed by atoms with Crippen LogP contribution >= 0.6 is 0 Å². The Hall–Kier alpha value is -5.28. The van der Waals surface area contributed by atoms with Crippen LogP contribution in [0.5, 0.6) is 0 Å². The normalized spacial score (nSPS) is 12.5. The lowest BCUT2D eigenvalue weighted by molar-refractivity contribution is 0.423. The van der Waals surface area contributed by atoms with Gasteiger partial charge in [-0.05, 0) is 111 Å². The van der Waals surface area contributed by atoms with Crippen LogP contribution < -0.4 is 4.90 Å². The van der Waals surface area contributed by atoms with E-state index in [1.165, 1.54) is 54.9 Å². The van der Waals surface area contributed by atoms with Crippen LogP contribution in [0.4, 0.5) is 17.1 Å². The van der Waals surface area contributed by atoms with Gasteiger partial charge in [-0.3, -0.25) is 0 Å². The summed E-state index contributed by atoms with van der Waals surface area (Å²) < 4.78 is 4.88. The number of anilines is 3. The molecule has 0 bridgehead atoms. The molecule has 0 atom stereocenters. The molecule has 3 heteroatoms. The molecular formula is C44H41N3. The molecule has 8 aromatic rings. The van der Waals surface area contributed by atoms with E-state index in [2.05, 4.69) is 195 Å². The molecule has 0 aliphatic rings. The standard InChI is InChI=1S/C44H41N3/c1-43(2,3)30-21-24-41-36(27-30)38-29-34(23-26-42(38)47(41)44(4,5)6)45(31-15-9-7-10-16-31)33-22-25-40-37(28-33)35-19-13-14-20-39(35)46(40)32-17-11-8-12-18-32/h7-29H,1-6H3. The molecule has 0 saturated heterocycles. The summed E-state index contributed by atoms with van der Waals surface area (Å²) in [7, 11) is 0. The second-order valence-electron chi connectivity index (χ2n) is 14.8. The molecule has 6 aromatic carbocycles. The average molecular weight is 612 g/mol. The molecule has 0 amide bonds. The van der Waals surface area contributed by atoms with E-state index in [4.69, 9.17) is 0 Å². The van der Waals surface area contributed by atoms with Gasteiger partial charge < -0.3 is 14.0 Å². The summed E-state index contributed by atoms with van der Waals surface area (Å²) in [4.78, 5) is 2.40. The molecule has 232 valence electrons. The van der Waals surface area contributed by atoms with Gasteiger partial charge in [-0.15, -0.1) is 0 Å². The Balaban J connectivity index is 1.39. The molecule has 0 fully saturated rings. The molecule has 47 heavy (non-hydrogen) atoms. The summed E-state index contributed by atoms with van der Waals surface area (Å²) in [6, 6.07) is 51.1. The number of hydrogen-bond acceptors (Lipinski definition) is 1. The maximum absolute atomic E-state index is 2.51. The van der Waals surface area contributed by atoms with E-state index in [0.29, 0.717) is 0 Å². The van der Waals surface area contributed by atoms with Crippen LogP contribution in [0.25, 0.3) is 49.3 Å². The molecule has 3 nitrogen and oxygen atoms in total. The summed E-state index contributed by atoms with van der Waals surface area (Å²) in [5.74, 6) is 0. The van der Waals surface area contributed by atoms with Crippen LogP contribution in [0.15, 0.2) is 140 Å². The molecule has 2 heterocycles. The van der Waals surface area contributed by atoms with Crippen molar-refractivity contribution in [2.45, 2.75) is 52.5 Å². The number of fused-ring (bicyclic) bond motifs is 6. The van der Waals surface area contributed by atoms with E-state index >= 15 is 0 Å². The van der Waals surface area contributed by atoms with E-state index in [1.807, 2.05) is 0 Å². The van der Waals surface area contributed by atoms with Crippen molar-refractivity contribution in [3.63, 3.8) is 0 Å². The molecule has 8 rings (SSSR count). The lowest BCUT2D eigenvalue weighted by Crippen LogP contribution is -2.21. The predicted molar refractivity (Wildman–Crippen MR) is 202 cm³/mol. The van der Waals surface area contributed by atoms with Crippen molar-refractivity contribution in [3.8, 4) is 5.69 Å². The van der Waals surface area contributed by atoms with Gasteiger partial charge in [-0.25, -0.2) is 0 Å². The lowest BCUT2D eigenvalue weighted by Gasteiger charge is -2.27. The molecule has 2 aromatic heterocycles.